The third kappa shape index (κ3) is 3.86. The summed E-state index contributed by atoms with van der Waals surface area (Å²) in [5.74, 6) is 5.30. The molecule has 100 valence electrons. The second-order valence-electron chi connectivity index (χ2n) is 3.91. The molecule has 0 aliphatic rings. The molecule has 0 spiro atoms. The molecular formula is C11H18N4O3. The van der Waals surface area contributed by atoms with Crippen molar-refractivity contribution in [1.29, 1.82) is 0 Å². The van der Waals surface area contributed by atoms with Crippen LogP contribution in [0.2, 0.25) is 0 Å². The van der Waals surface area contributed by atoms with E-state index >= 15 is 0 Å². The van der Waals surface area contributed by atoms with Crippen LogP contribution in [0.4, 0.5) is 17.1 Å². The number of ether oxygens (including phenoxy) is 1. The summed E-state index contributed by atoms with van der Waals surface area (Å²) in [6, 6.07) is 4.68. The van der Waals surface area contributed by atoms with E-state index in [0.29, 0.717) is 12.3 Å². The lowest BCUT2D eigenvalue weighted by Gasteiger charge is -2.19. The predicted octanol–water partition coefficient (Wildman–Crippen LogP) is 1.35. The van der Waals surface area contributed by atoms with Crippen molar-refractivity contribution in [2.45, 2.75) is 6.42 Å². The van der Waals surface area contributed by atoms with Crippen molar-refractivity contribution in [1.82, 2.24) is 0 Å². The highest BCUT2D eigenvalue weighted by Gasteiger charge is 2.11. The molecule has 1 rings (SSSR count). The number of nitrogens with zero attached hydrogens (tertiary/aromatic N) is 2. The Balaban J connectivity index is 2.86. The lowest BCUT2D eigenvalue weighted by molar-refractivity contribution is -0.384. The highest BCUT2D eigenvalue weighted by Crippen LogP contribution is 2.25. The minimum absolute atomic E-state index is 0.0130. The Morgan fingerprint density at radius 1 is 1.50 bits per heavy atom. The number of nitro groups is 1. The Morgan fingerprint density at radius 3 is 2.78 bits per heavy atom. The van der Waals surface area contributed by atoms with Gasteiger partial charge in [-0.2, -0.15) is 0 Å². The number of rotatable bonds is 7. The van der Waals surface area contributed by atoms with E-state index in [0.717, 1.165) is 18.7 Å². The number of nitrogens with one attached hydrogen (secondary N) is 1. The molecule has 0 heterocycles. The molecule has 18 heavy (non-hydrogen) atoms. The highest BCUT2D eigenvalue weighted by molar-refractivity contribution is 5.63. The molecule has 0 saturated heterocycles. The Morgan fingerprint density at radius 2 is 2.22 bits per heavy atom. The molecule has 0 amide bonds. The van der Waals surface area contributed by atoms with Gasteiger partial charge >= 0.3 is 0 Å². The van der Waals surface area contributed by atoms with Crippen molar-refractivity contribution >= 4 is 17.1 Å². The van der Waals surface area contributed by atoms with Crippen LogP contribution in [0.1, 0.15) is 6.42 Å². The lowest BCUT2D eigenvalue weighted by Crippen LogP contribution is -2.20. The topological polar surface area (TPSA) is 93.7 Å². The van der Waals surface area contributed by atoms with Crippen molar-refractivity contribution in [3.63, 3.8) is 0 Å². The van der Waals surface area contributed by atoms with E-state index in [1.54, 1.807) is 13.2 Å². The first-order chi connectivity index (χ1) is 8.58. The summed E-state index contributed by atoms with van der Waals surface area (Å²) in [7, 11) is 3.51. The molecule has 3 N–H and O–H groups in total. The van der Waals surface area contributed by atoms with E-state index in [4.69, 9.17) is 10.6 Å². The lowest BCUT2D eigenvalue weighted by atomic mass is 10.2. The molecule has 1 aromatic rings. The van der Waals surface area contributed by atoms with Crippen molar-refractivity contribution in [2.75, 3.05) is 37.6 Å². The van der Waals surface area contributed by atoms with Gasteiger partial charge in [-0.05, 0) is 12.5 Å². The van der Waals surface area contributed by atoms with Gasteiger partial charge in [-0.1, -0.05) is 0 Å². The second-order valence-corrected chi connectivity index (χ2v) is 3.91. The molecule has 0 atom stereocenters. The number of hydrogen-bond donors (Lipinski definition) is 2. The van der Waals surface area contributed by atoms with Crippen molar-refractivity contribution < 1.29 is 9.66 Å². The molecule has 7 nitrogen and oxygen atoms in total. The summed E-state index contributed by atoms with van der Waals surface area (Å²) in [5.41, 5.74) is 3.70. The van der Waals surface area contributed by atoms with Crippen LogP contribution in [0, 0.1) is 10.1 Å². The maximum absolute atomic E-state index is 10.8. The van der Waals surface area contributed by atoms with Gasteiger partial charge in [-0.15, -0.1) is 0 Å². The SMILES string of the molecule is COCCCN(C)c1cc(NN)cc([N+](=O)[O-])c1. The van der Waals surface area contributed by atoms with Gasteiger partial charge in [0.2, 0.25) is 0 Å². The third-order valence-corrected chi connectivity index (χ3v) is 2.56. The van der Waals surface area contributed by atoms with E-state index in [-0.39, 0.29) is 5.69 Å². The fourth-order valence-electron chi connectivity index (χ4n) is 1.58. The van der Waals surface area contributed by atoms with Crippen molar-refractivity contribution in [3.05, 3.63) is 28.3 Å². The molecule has 0 bridgehead atoms. The summed E-state index contributed by atoms with van der Waals surface area (Å²) < 4.78 is 4.97. The Labute approximate surface area is 106 Å². The van der Waals surface area contributed by atoms with Crippen LogP contribution in [-0.4, -0.2) is 32.2 Å². The van der Waals surface area contributed by atoms with Crippen LogP contribution in [0.5, 0.6) is 0 Å². The Hall–Kier alpha value is -1.86. The maximum Gasteiger partial charge on any atom is 0.273 e. The number of methoxy groups -OCH3 is 1. The highest BCUT2D eigenvalue weighted by atomic mass is 16.6. The van der Waals surface area contributed by atoms with Crippen LogP contribution < -0.4 is 16.2 Å². The van der Waals surface area contributed by atoms with Gasteiger partial charge in [-0.3, -0.25) is 16.0 Å². The largest absolute Gasteiger partial charge is 0.385 e. The first-order valence-corrected chi connectivity index (χ1v) is 5.54. The van der Waals surface area contributed by atoms with E-state index in [1.165, 1.54) is 12.1 Å². The van der Waals surface area contributed by atoms with E-state index in [1.807, 2.05) is 11.9 Å². The van der Waals surface area contributed by atoms with Gasteiger partial charge in [0.05, 0.1) is 10.6 Å². The Bertz CT molecular complexity index is 411. The minimum atomic E-state index is -0.437. The molecule has 0 aliphatic heterocycles. The van der Waals surface area contributed by atoms with Crippen LogP contribution >= 0.6 is 0 Å². The molecule has 0 fully saturated rings. The summed E-state index contributed by atoms with van der Waals surface area (Å²) in [4.78, 5) is 12.3. The zero-order valence-corrected chi connectivity index (χ0v) is 10.5. The first-order valence-electron chi connectivity index (χ1n) is 5.54. The van der Waals surface area contributed by atoms with Crippen LogP contribution in [0.25, 0.3) is 0 Å². The minimum Gasteiger partial charge on any atom is -0.385 e. The predicted molar refractivity (Wildman–Crippen MR) is 70.7 cm³/mol. The van der Waals surface area contributed by atoms with Crippen LogP contribution in [-0.2, 0) is 4.74 Å². The van der Waals surface area contributed by atoms with Gasteiger partial charge < -0.3 is 15.1 Å². The number of benzene rings is 1. The number of nitrogen functional groups attached to an aromatic ring is 1. The smallest absolute Gasteiger partial charge is 0.273 e. The Kier molecular flexibility index (Phi) is 5.34. The molecule has 0 aliphatic carbocycles. The van der Waals surface area contributed by atoms with Gasteiger partial charge in [0.15, 0.2) is 0 Å². The number of non-ortho nitro benzene ring substituents is 1. The zero-order valence-electron chi connectivity index (χ0n) is 10.5. The molecule has 0 saturated carbocycles. The number of hydrazine groups is 1. The summed E-state index contributed by atoms with van der Waals surface area (Å²) in [6.45, 7) is 1.40. The number of nitro benzene ring substituents is 1. The number of nitrogens with two attached hydrogens (primary N) is 1. The molecule has 7 heteroatoms. The van der Waals surface area contributed by atoms with Crippen molar-refractivity contribution in [3.8, 4) is 0 Å². The molecule has 0 radical (unpaired) electrons. The molecule has 0 unspecified atom stereocenters. The zero-order chi connectivity index (χ0) is 13.5. The molecule has 0 aromatic heterocycles. The quantitative estimate of drug-likeness (QED) is 0.330. The average molecular weight is 254 g/mol. The monoisotopic (exact) mass is 254 g/mol. The first kappa shape index (κ1) is 14.2. The summed E-state index contributed by atoms with van der Waals surface area (Å²) in [5, 5.41) is 10.8. The second kappa shape index (κ2) is 6.77. The van der Waals surface area contributed by atoms with E-state index in [9.17, 15) is 10.1 Å². The number of anilines is 2. The van der Waals surface area contributed by atoms with Gasteiger partial charge in [0, 0.05) is 45.1 Å². The van der Waals surface area contributed by atoms with Crippen LogP contribution in [0.15, 0.2) is 18.2 Å². The van der Waals surface area contributed by atoms with E-state index in [2.05, 4.69) is 5.43 Å². The average Bonchev–Trinajstić information content (AvgIpc) is 2.38. The molecule has 1 aromatic carbocycles. The fraction of sp³-hybridized carbons (Fsp3) is 0.455. The van der Waals surface area contributed by atoms with Crippen molar-refractivity contribution in [2.24, 2.45) is 5.84 Å². The van der Waals surface area contributed by atoms with Crippen LogP contribution in [0.3, 0.4) is 0 Å². The third-order valence-electron chi connectivity index (χ3n) is 2.56. The summed E-state index contributed by atoms with van der Waals surface area (Å²) in [6.07, 6.45) is 0.848. The van der Waals surface area contributed by atoms with E-state index < -0.39 is 4.92 Å². The summed E-state index contributed by atoms with van der Waals surface area (Å²) >= 11 is 0. The normalized spacial score (nSPS) is 10.2. The number of hydrogen-bond acceptors (Lipinski definition) is 6. The molecular weight excluding hydrogens is 236 g/mol. The van der Waals surface area contributed by atoms with Gasteiger partial charge in [0.25, 0.3) is 5.69 Å². The standard InChI is InChI=1S/C11H18N4O3/c1-14(4-3-5-18-2)10-6-9(13-12)7-11(8-10)15(16)17/h6-8,13H,3-5,12H2,1-2H3. The fourth-order valence-corrected chi connectivity index (χ4v) is 1.58. The van der Waals surface area contributed by atoms with Gasteiger partial charge in [0.1, 0.15) is 0 Å². The van der Waals surface area contributed by atoms with Gasteiger partial charge in [-0.25, -0.2) is 0 Å². The maximum atomic E-state index is 10.8.